The van der Waals surface area contributed by atoms with Gasteiger partial charge in [-0.1, -0.05) is 29.8 Å². The molecule has 1 aliphatic rings. The number of fused-ring (bicyclic) bond motifs is 3. The van der Waals surface area contributed by atoms with Crippen LogP contribution in [0, 0.1) is 0 Å². The first-order valence-electron chi connectivity index (χ1n) is 8.45. The lowest BCUT2D eigenvalue weighted by Crippen LogP contribution is -2.61. The molecule has 4 rings (SSSR count). The van der Waals surface area contributed by atoms with Crippen LogP contribution >= 0.6 is 11.6 Å². The van der Waals surface area contributed by atoms with Crippen molar-refractivity contribution in [3.8, 4) is 0 Å². The molecule has 27 heavy (non-hydrogen) atoms. The van der Waals surface area contributed by atoms with E-state index in [1.807, 2.05) is 6.07 Å². The molecular weight excluding hydrogens is 368 g/mol. The molecule has 3 aromatic rings. The highest BCUT2D eigenvalue weighted by Gasteiger charge is 2.48. The van der Waals surface area contributed by atoms with Gasteiger partial charge in [0.1, 0.15) is 11.2 Å². The normalized spacial score (nSPS) is 20.4. The fraction of sp³-hybridized carbons (Fsp3) is 0.263. The standard InChI is InChI=1S/C19H19ClN4O3/c1-19(10-27-2)18(26)23-14-9-22-16-12(7-8-21-16)15(14)24(19)17(25)11-5-3-4-6-13(11)20/h3-9,17,25H,10H2,1-2H3,(H,21,22)(H,23,26). The molecule has 140 valence electrons. The van der Waals surface area contributed by atoms with Crippen LogP contribution in [0.3, 0.4) is 0 Å². The first-order chi connectivity index (χ1) is 13.0. The second-order valence-corrected chi connectivity index (χ2v) is 7.09. The van der Waals surface area contributed by atoms with E-state index >= 15 is 0 Å². The maximum atomic E-state index is 13.0. The summed E-state index contributed by atoms with van der Waals surface area (Å²) in [6.45, 7) is 1.81. The second-order valence-electron chi connectivity index (χ2n) is 6.69. The zero-order valence-electron chi connectivity index (χ0n) is 14.9. The molecule has 1 amide bonds. The van der Waals surface area contributed by atoms with Gasteiger partial charge >= 0.3 is 0 Å². The minimum absolute atomic E-state index is 0.0774. The van der Waals surface area contributed by atoms with E-state index in [-0.39, 0.29) is 12.5 Å². The number of aromatic nitrogens is 2. The van der Waals surface area contributed by atoms with Gasteiger partial charge in [-0.15, -0.1) is 0 Å². The van der Waals surface area contributed by atoms with Crippen molar-refractivity contribution in [2.24, 2.45) is 0 Å². The molecule has 0 radical (unpaired) electrons. The molecule has 3 heterocycles. The Labute approximate surface area is 160 Å². The number of rotatable bonds is 4. The highest BCUT2D eigenvalue weighted by molar-refractivity contribution is 6.31. The number of methoxy groups -OCH3 is 1. The van der Waals surface area contributed by atoms with E-state index in [0.717, 1.165) is 5.39 Å². The van der Waals surface area contributed by atoms with Crippen LogP contribution in [0.15, 0.2) is 42.7 Å². The molecule has 1 aromatic carbocycles. The summed E-state index contributed by atoms with van der Waals surface area (Å²) in [5.74, 6) is -0.292. The van der Waals surface area contributed by atoms with Crippen LogP contribution in [0.2, 0.25) is 5.02 Å². The molecule has 1 aliphatic heterocycles. The Morgan fingerprint density at radius 1 is 1.37 bits per heavy atom. The van der Waals surface area contributed by atoms with Gasteiger partial charge in [-0.2, -0.15) is 0 Å². The number of benzene rings is 1. The SMILES string of the molecule is COCC1(C)C(=O)Nc2cnc3[nH]ccc3c2N1C(O)c1ccccc1Cl. The zero-order chi connectivity index (χ0) is 19.2. The van der Waals surface area contributed by atoms with E-state index in [1.54, 1.807) is 48.5 Å². The maximum absolute atomic E-state index is 13.0. The topological polar surface area (TPSA) is 90.5 Å². The lowest BCUT2D eigenvalue weighted by molar-refractivity contribution is -0.124. The number of aromatic amines is 1. The third-order valence-electron chi connectivity index (χ3n) is 4.92. The Kier molecular flexibility index (Phi) is 4.30. The van der Waals surface area contributed by atoms with E-state index in [9.17, 15) is 9.90 Å². The average Bonchev–Trinajstić information content (AvgIpc) is 3.12. The molecule has 0 bridgehead atoms. The number of pyridine rings is 1. The van der Waals surface area contributed by atoms with Crippen LogP contribution < -0.4 is 10.2 Å². The van der Waals surface area contributed by atoms with Crippen molar-refractivity contribution >= 4 is 39.9 Å². The fourth-order valence-electron chi connectivity index (χ4n) is 3.59. The average molecular weight is 387 g/mol. The molecule has 2 atom stereocenters. The van der Waals surface area contributed by atoms with Gasteiger partial charge in [-0.05, 0) is 19.1 Å². The van der Waals surface area contributed by atoms with Crippen molar-refractivity contribution in [2.45, 2.75) is 18.7 Å². The first-order valence-corrected chi connectivity index (χ1v) is 8.83. The minimum Gasteiger partial charge on any atom is -0.382 e. The summed E-state index contributed by atoms with van der Waals surface area (Å²) in [5, 5.41) is 15.4. The van der Waals surface area contributed by atoms with Gasteiger partial charge in [0, 0.05) is 29.3 Å². The molecule has 7 nitrogen and oxygen atoms in total. The fourth-order valence-corrected chi connectivity index (χ4v) is 3.82. The number of nitrogens with one attached hydrogen (secondary N) is 2. The van der Waals surface area contributed by atoms with Crippen LogP contribution in [0.1, 0.15) is 18.7 Å². The van der Waals surface area contributed by atoms with Gasteiger partial charge in [-0.25, -0.2) is 4.98 Å². The van der Waals surface area contributed by atoms with Crippen molar-refractivity contribution in [3.63, 3.8) is 0 Å². The van der Waals surface area contributed by atoms with Crippen molar-refractivity contribution < 1.29 is 14.6 Å². The molecule has 0 fully saturated rings. The van der Waals surface area contributed by atoms with E-state index < -0.39 is 11.8 Å². The lowest BCUT2D eigenvalue weighted by Gasteiger charge is -2.47. The Balaban J connectivity index is 1.98. The van der Waals surface area contributed by atoms with E-state index in [1.165, 1.54) is 7.11 Å². The molecule has 2 unspecified atom stereocenters. The van der Waals surface area contributed by atoms with E-state index in [0.29, 0.717) is 27.6 Å². The Morgan fingerprint density at radius 3 is 2.89 bits per heavy atom. The Hall–Kier alpha value is -2.61. The molecule has 0 aliphatic carbocycles. The summed E-state index contributed by atoms with van der Waals surface area (Å²) in [6.07, 6.45) is 2.18. The maximum Gasteiger partial charge on any atom is 0.252 e. The lowest BCUT2D eigenvalue weighted by atomic mass is 9.92. The van der Waals surface area contributed by atoms with Crippen molar-refractivity contribution in [1.29, 1.82) is 0 Å². The predicted molar refractivity (Wildman–Crippen MR) is 104 cm³/mol. The number of hydrogen-bond acceptors (Lipinski definition) is 5. The van der Waals surface area contributed by atoms with E-state index in [2.05, 4.69) is 15.3 Å². The third kappa shape index (κ3) is 2.66. The minimum atomic E-state index is -1.16. The van der Waals surface area contributed by atoms with Gasteiger partial charge < -0.3 is 25.0 Å². The van der Waals surface area contributed by atoms with Crippen molar-refractivity contribution in [3.05, 3.63) is 53.3 Å². The number of halogens is 1. The molecule has 2 aromatic heterocycles. The third-order valence-corrected chi connectivity index (χ3v) is 5.27. The number of nitrogens with zero attached hydrogens (tertiary/aromatic N) is 2. The Bertz CT molecular complexity index is 1020. The van der Waals surface area contributed by atoms with Crippen LogP contribution in [0.5, 0.6) is 0 Å². The summed E-state index contributed by atoms with van der Waals surface area (Å²) in [5.41, 5.74) is 1.18. The number of aliphatic hydroxyl groups excluding tert-OH is 1. The summed E-state index contributed by atoms with van der Waals surface area (Å²) in [6, 6.07) is 8.89. The van der Waals surface area contributed by atoms with Crippen LogP contribution in [0.25, 0.3) is 11.0 Å². The molecule has 8 heteroatoms. The molecule has 0 spiro atoms. The molecule has 0 saturated carbocycles. The number of carbonyl (C=O) groups excluding carboxylic acids is 1. The van der Waals surface area contributed by atoms with Crippen molar-refractivity contribution in [1.82, 2.24) is 9.97 Å². The predicted octanol–water partition coefficient (Wildman–Crippen LogP) is 3.07. The van der Waals surface area contributed by atoms with Gasteiger partial charge in [0.15, 0.2) is 6.23 Å². The van der Waals surface area contributed by atoms with Gasteiger partial charge in [0.25, 0.3) is 5.91 Å². The molecule has 0 saturated heterocycles. The highest BCUT2D eigenvalue weighted by atomic mass is 35.5. The summed E-state index contributed by atoms with van der Waals surface area (Å²) in [7, 11) is 1.52. The largest absolute Gasteiger partial charge is 0.382 e. The number of carbonyl (C=O) groups is 1. The van der Waals surface area contributed by atoms with Gasteiger partial charge in [-0.3, -0.25) is 4.79 Å². The van der Waals surface area contributed by atoms with E-state index in [4.69, 9.17) is 16.3 Å². The second kappa shape index (κ2) is 6.53. The number of ether oxygens (including phenoxy) is 1. The van der Waals surface area contributed by atoms with Crippen LogP contribution in [0.4, 0.5) is 11.4 Å². The monoisotopic (exact) mass is 386 g/mol. The number of H-pyrrole nitrogens is 1. The first kappa shape index (κ1) is 17.8. The number of amides is 1. The smallest absolute Gasteiger partial charge is 0.252 e. The van der Waals surface area contributed by atoms with Gasteiger partial charge in [0.2, 0.25) is 0 Å². The van der Waals surface area contributed by atoms with Crippen LogP contribution in [-0.4, -0.2) is 40.2 Å². The Morgan fingerprint density at radius 2 is 2.15 bits per heavy atom. The number of anilines is 2. The number of hydrogen-bond donors (Lipinski definition) is 3. The zero-order valence-corrected chi connectivity index (χ0v) is 15.6. The highest BCUT2D eigenvalue weighted by Crippen LogP contribution is 2.46. The van der Waals surface area contributed by atoms with Gasteiger partial charge in [0.05, 0.1) is 24.2 Å². The number of aliphatic hydroxyl groups is 1. The summed E-state index contributed by atoms with van der Waals surface area (Å²) >= 11 is 6.33. The van der Waals surface area contributed by atoms with Crippen LogP contribution in [-0.2, 0) is 9.53 Å². The summed E-state index contributed by atoms with van der Waals surface area (Å²) in [4.78, 5) is 22.0. The molecule has 3 N–H and O–H groups in total. The quantitative estimate of drug-likeness (QED) is 0.641. The summed E-state index contributed by atoms with van der Waals surface area (Å²) < 4.78 is 5.34. The van der Waals surface area contributed by atoms with Crippen molar-refractivity contribution in [2.75, 3.05) is 23.9 Å². The molecular formula is C19H19ClN4O3.